The molecule has 10 nitrogen and oxygen atoms in total. The highest BCUT2D eigenvalue weighted by Crippen LogP contribution is 2.41. The van der Waals surface area contributed by atoms with E-state index < -0.39 is 5.60 Å². The molecule has 1 aromatic carbocycles. The molecule has 0 unspecified atom stereocenters. The number of hydrogen-bond donors (Lipinski definition) is 2. The number of para-hydroxylation sites is 1. The van der Waals surface area contributed by atoms with Gasteiger partial charge in [0.2, 0.25) is 5.95 Å². The van der Waals surface area contributed by atoms with Crippen molar-refractivity contribution in [3.8, 4) is 5.75 Å². The third-order valence-electron chi connectivity index (χ3n) is 6.99. The van der Waals surface area contributed by atoms with Crippen LogP contribution in [0, 0.1) is 0 Å². The number of aromatic nitrogens is 6. The number of hydrogen-bond acceptors (Lipinski definition) is 8. The van der Waals surface area contributed by atoms with Gasteiger partial charge in [-0.3, -0.25) is 4.68 Å². The van der Waals surface area contributed by atoms with Crippen LogP contribution in [-0.2, 0) is 0 Å². The molecule has 6 rings (SSSR count). The average molecular weight is 449 g/mol. The van der Waals surface area contributed by atoms with E-state index in [2.05, 4.69) is 21.2 Å². The summed E-state index contributed by atoms with van der Waals surface area (Å²) >= 11 is 0. The van der Waals surface area contributed by atoms with Crippen LogP contribution in [0.2, 0.25) is 0 Å². The van der Waals surface area contributed by atoms with E-state index in [1.165, 1.54) is 0 Å². The fraction of sp³-hybridized carbons (Fsp3) is 0.478. The van der Waals surface area contributed by atoms with Crippen LogP contribution in [0.1, 0.15) is 50.4 Å². The molecule has 3 N–H and O–H groups in total. The van der Waals surface area contributed by atoms with Gasteiger partial charge in [-0.25, -0.2) is 9.97 Å². The van der Waals surface area contributed by atoms with Crippen molar-refractivity contribution in [1.29, 1.82) is 0 Å². The lowest BCUT2D eigenvalue weighted by atomic mass is 9.77. The van der Waals surface area contributed by atoms with Crippen LogP contribution in [-0.4, -0.2) is 60.3 Å². The number of ether oxygens (including phenoxy) is 1. The van der Waals surface area contributed by atoms with Crippen molar-refractivity contribution in [2.45, 2.75) is 50.2 Å². The van der Waals surface area contributed by atoms with Crippen molar-refractivity contribution >= 4 is 28.2 Å². The lowest BCUT2D eigenvalue weighted by Crippen LogP contribution is -2.42. The van der Waals surface area contributed by atoms with Gasteiger partial charge in [-0.15, -0.1) is 5.10 Å². The van der Waals surface area contributed by atoms with Crippen molar-refractivity contribution in [3.05, 3.63) is 36.4 Å². The van der Waals surface area contributed by atoms with Crippen LogP contribution in [0.4, 0.5) is 11.6 Å². The van der Waals surface area contributed by atoms with Crippen molar-refractivity contribution < 1.29 is 9.84 Å². The normalized spacial score (nSPS) is 25.5. The highest BCUT2D eigenvalue weighted by Gasteiger charge is 2.40. The Bertz CT molecular complexity index is 1340. The van der Waals surface area contributed by atoms with Gasteiger partial charge in [0.1, 0.15) is 11.3 Å². The molecule has 2 fully saturated rings. The maximum atomic E-state index is 10.0. The summed E-state index contributed by atoms with van der Waals surface area (Å²) in [5.74, 6) is 1.93. The standard InChI is InChI=1S/C23H28N8O2/c1-23(32)9-15(10-23)30-13-16(11-25-30)29-8-4-5-14(12-29)20-27-21-17-6-3-7-18(33-2)19(17)26-22(24)31(21)28-20/h3,6-7,11,13-15,32H,4-5,8-10,12H2,1-2H3,(H2,24,26)/t14-,15-,23+/m1/s1. The zero-order valence-corrected chi connectivity index (χ0v) is 18.8. The Morgan fingerprint density at radius 3 is 2.88 bits per heavy atom. The minimum atomic E-state index is -0.563. The molecule has 1 saturated heterocycles. The number of nitrogens with zero attached hydrogens (tertiary/aromatic N) is 7. The summed E-state index contributed by atoms with van der Waals surface area (Å²) in [7, 11) is 1.62. The van der Waals surface area contributed by atoms with Crippen molar-refractivity contribution in [1.82, 2.24) is 29.4 Å². The first-order valence-electron chi connectivity index (χ1n) is 11.4. The average Bonchev–Trinajstić information content (AvgIpc) is 3.46. The number of nitrogen functional groups attached to an aromatic ring is 1. The van der Waals surface area contributed by atoms with Crippen LogP contribution in [0.15, 0.2) is 30.6 Å². The summed E-state index contributed by atoms with van der Waals surface area (Å²) in [6.07, 6.45) is 7.58. The maximum Gasteiger partial charge on any atom is 0.223 e. The van der Waals surface area contributed by atoms with Gasteiger partial charge >= 0.3 is 0 Å². The van der Waals surface area contributed by atoms with E-state index in [1.54, 1.807) is 11.6 Å². The Balaban J connectivity index is 1.28. The predicted molar refractivity (Wildman–Crippen MR) is 125 cm³/mol. The molecule has 3 aromatic heterocycles. The second kappa shape index (κ2) is 7.31. The lowest BCUT2D eigenvalue weighted by molar-refractivity contribution is -0.0543. The largest absolute Gasteiger partial charge is 0.494 e. The first-order chi connectivity index (χ1) is 15.9. The summed E-state index contributed by atoms with van der Waals surface area (Å²) in [5.41, 5.74) is 8.16. The van der Waals surface area contributed by atoms with E-state index >= 15 is 0 Å². The smallest absolute Gasteiger partial charge is 0.223 e. The number of benzene rings is 1. The summed E-state index contributed by atoms with van der Waals surface area (Å²) in [6.45, 7) is 3.67. The lowest BCUT2D eigenvalue weighted by Gasteiger charge is -2.40. The van der Waals surface area contributed by atoms with E-state index in [-0.39, 0.29) is 12.0 Å². The van der Waals surface area contributed by atoms with Crippen molar-refractivity contribution in [2.24, 2.45) is 0 Å². The Morgan fingerprint density at radius 2 is 2.09 bits per heavy atom. The van der Waals surface area contributed by atoms with E-state index in [1.807, 2.05) is 36.0 Å². The van der Waals surface area contributed by atoms with E-state index in [4.69, 9.17) is 20.6 Å². The third-order valence-corrected chi connectivity index (χ3v) is 6.99. The van der Waals surface area contributed by atoms with Crippen LogP contribution >= 0.6 is 0 Å². The molecule has 0 spiro atoms. The number of aliphatic hydroxyl groups is 1. The van der Waals surface area contributed by atoms with Gasteiger partial charge in [0.15, 0.2) is 11.5 Å². The molecule has 0 amide bonds. The molecule has 1 aliphatic carbocycles. The molecule has 33 heavy (non-hydrogen) atoms. The van der Waals surface area contributed by atoms with Gasteiger partial charge in [-0.05, 0) is 44.7 Å². The quantitative estimate of drug-likeness (QED) is 0.489. The highest BCUT2D eigenvalue weighted by molar-refractivity contribution is 5.95. The third kappa shape index (κ3) is 3.36. The molecule has 0 bridgehead atoms. The Morgan fingerprint density at radius 1 is 1.24 bits per heavy atom. The fourth-order valence-corrected chi connectivity index (χ4v) is 5.24. The molecule has 2 aliphatic rings. The van der Waals surface area contributed by atoms with Crippen molar-refractivity contribution in [2.75, 3.05) is 30.8 Å². The van der Waals surface area contributed by atoms with E-state index in [0.717, 1.165) is 55.7 Å². The number of piperidine rings is 1. The Kier molecular flexibility index (Phi) is 4.48. The highest BCUT2D eigenvalue weighted by atomic mass is 16.5. The van der Waals surface area contributed by atoms with Gasteiger partial charge in [0.25, 0.3) is 0 Å². The van der Waals surface area contributed by atoms with Crippen LogP contribution in [0.3, 0.4) is 0 Å². The Labute approximate surface area is 191 Å². The number of anilines is 2. The molecular formula is C23H28N8O2. The second-order valence-electron chi connectivity index (χ2n) is 9.55. The molecule has 10 heteroatoms. The summed E-state index contributed by atoms with van der Waals surface area (Å²) in [6, 6.07) is 6.04. The summed E-state index contributed by atoms with van der Waals surface area (Å²) in [4.78, 5) is 11.8. The van der Waals surface area contributed by atoms with Gasteiger partial charge < -0.3 is 20.5 Å². The number of methoxy groups -OCH3 is 1. The minimum Gasteiger partial charge on any atom is -0.494 e. The molecule has 1 aliphatic heterocycles. The second-order valence-corrected chi connectivity index (χ2v) is 9.55. The molecular weight excluding hydrogens is 420 g/mol. The van der Waals surface area contributed by atoms with Gasteiger partial charge in [-0.1, -0.05) is 6.07 Å². The number of nitrogens with two attached hydrogens (primary N) is 1. The molecule has 4 heterocycles. The fourth-order valence-electron chi connectivity index (χ4n) is 5.24. The van der Waals surface area contributed by atoms with E-state index in [0.29, 0.717) is 22.9 Å². The molecule has 172 valence electrons. The number of fused-ring (bicyclic) bond motifs is 3. The first kappa shape index (κ1) is 20.2. The molecule has 0 radical (unpaired) electrons. The number of rotatable bonds is 4. The molecule has 1 saturated carbocycles. The van der Waals surface area contributed by atoms with Gasteiger partial charge in [0, 0.05) is 30.6 Å². The summed E-state index contributed by atoms with van der Waals surface area (Å²) in [5, 5.41) is 20.2. The van der Waals surface area contributed by atoms with E-state index in [9.17, 15) is 5.11 Å². The van der Waals surface area contributed by atoms with Gasteiger partial charge in [0.05, 0.1) is 30.6 Å². The summed E-state index contributed by atoms with van der Waals surface area (Å²) < 4.78 is 9.08. The van der Waals surface area contributed by atoms with Crippen LogP contribution in [0.25, 0.3) is 16.6 Å². The van der Waals surface area contributed by atoms with Crippen LogP contribution < -0.4 is 15.4 Å². The zero-order chi connectivity index (χ0) is 22.7. The minimum absolute atomic E-state index is 0.187. The zero-order valence-electron chi connectivity index (χ0n) is 18.8. The predicted octanol–water partition coefficient (Wildman–Crippen LogP) is 2.53. The molecule has 1 atom stereocenters. The van der Waals surface area contributed by atoms with Crippen LogP contribution in [0.5, 0.6) is 5.75 Å². The SMILES string of the molecule is COc1cccc2c1nc(N)n1nc([C@@H]3CCCN(c4cnn([C@H]5C[C@@](C)(O)C5)c4)C3)nc21. The topological polar surface area (TPSA) is 120 Å². The monoisotopic (exact) mass is 448 g/mol. The maximum absolute atomic E-state index is 10.0. The Hall–Kier alpha value is -3.40. The van der Waals surface area contributed by atoms with Gasteiger partial charge in [-0.2, -0.15) is 9.61 Å². The first-order valence-corrected chi connectivity index (χ1v) is 11.4. The molecule has 4 aromatic rings. The van der Waals surface area contributed by atoms with Crippen molar-refractivity contribution in [3.63, 3.8) is 0 Å².